The Morgan fingerprint density at radius 2 is 1.93 bits per heavy atom. The van der Waals surface area contributed by atoms with E-state index in [2.05, 4.69) is 36.2 Å². The monoisotopic (exact) mass is 189 g/mol. The summed E-state index contributed by atoms with van der Waals surface area (Å²) >= 11 is 0. The minimum Gasteiger partial charge on any atom is -0.370 e. The molecule has 0 aromatic heterocycles. The third kappa shape index (κ3) is 3.76. The Kier molecular flexibility index (Phi) is 3.73. The Bertz CT molecular complexity index is 332. The van der Waals surface area contributed by atoms with Crippen LogP contribution < -0.4 is 11.5 Å². The summed E-state index contributed by atoms with van der Waals surface area (Å²) in [5.74, 6) is 0.124. The fourth-order valence-electron chi connectivity index (χ4n) is 1.02. The van der Waals surface area contributed by atoms with Gasteiger partial charge in [0.15, 0.2) is 5.96 Å². The molecule has 74 valence electrons. The summed E-state index contributed by atoms with van der Waals surface area (Å²) in [4.78, 5) is 3.84. The van der Waals surface area contributed by atoms with Crippen LogP contribution in [0.3, 0.4) is 0 Å². The van der Waals surface area contributed by atoms with Gasteiger partial charge in [-0.25, -0.2) is 4.99 Å². The summed E-state index contributed by atoms with van der Waals surface area (Å²) in [6, 6.07) is 8.25. The van der Waals surface area contributed by atoms with E-state index < -0.39 is 0 Å². The number of aryl methyl sites for hydroxylation is 1. The van der Waals surface area contributed by atoms with E-state index in [0.717, 1.165) is 5.56 Å². The van der Waals surface area contributed by atoms with Gasteiger partial charge in [-0.2, -0.15) is 0 Å². The lowest BCUT2D eigenvalue weighted by Crippen LogP contribution is -2.22. The summed E-state index contributed by atoms with van der Waals surface area (Å²) in [5, 5.41) is 0. The van der Waals surface area contributed by atoms with E-state index in [-0.39, 0.29) is 5.96 Å². The van der Waals surface area contributed by atoms with Crippen LogP contribution in [0, 0.1) is 6.92 Å². The molecule has 3 nitrogen and oxygen atoms in total. The molecule has 14 heavy (non-hydrogen) atoms. The molecule has 0 aliphatic heterocycles. The van der Waals surface area contributed by atoms with Crippen LogP contribution in [0.1, 0.15) is 11.1 Å². The minimum atomic E-state index is 0.124. The second-order valence-electron chi connectivity index (χ2n) is 3.08. The van der Waals surface area contributed by atoms with E-state index in [9.17, 15) is 0 Å². The molecule has 0 saturated carbocycles. The molecular weight excluding hydrogens is 174 g/mol. The van der Waals surface area contributed by atoms with Crippen LogP contribution in [-0.4, -0.2) is 12.5 Å². The maximum atomic E-state index is 5.19. The molecule has 0 spiro atoms. The van der Waals surface area contributed by atoms with E-state index in [0.29, 0.717) is 6.54 Å². The summed E-state index contributed by atoms with van der Waals surface area (Å²) in [5.41, 5.74) is 12.8. The van der Waals surface area contributed by atoms with Gasteiger partial charge in [-0.3, -0.25) is 0 Å². The van der Waals surface area contributed by atoms with Gasteiger partial charge in [-0.1, -0.05) is 42.0 Å². The molecule has 4 N–H and O–H groups in total. The highest BCUT2D eigenvalue weighted by atomic mass is 15.0. The fourth-order valence-corrected chi connectivity index (χ4v) is 1.02. The van der Waals surface area contributed by atoms with E-state index in [1.54, 1.807) is 0 Å². The van der Waals surface area contributed by atoms with Crippen molar-refractivity contribution in [3.8, 4) is 0 Å². The molecule has 0 aliphatic carbocycles. The SMILES string of the molecule is Cc1ccc(/C=C/CN=C(N)N)cc1. The van der Waals surface area contributed by atoms with Crippen molar-refractivity contribution < 1.29 is 0 Å². The smallest absolute Gasteiger partial charge is 0.186 e. The van der Waals surface area contributed by atoms with Gasteiger partial charge in [0.25, 0.3) is 0 Å². The van der Waals surface area contributed by atoms with Crippen LogP contribution in [0.2, 0.25) is 0 Å². The molecule has 0 aliphatic rings. The predicted molar refractivity (Wildman–Crippen MR) is 60.9 cm³/mol. The predicted octanol–water partition coefficient (Wildman–Crippen LogP) is 1.28. The number of aliphatic imine (C=N–C) groups is 1. The zero-order chi connectivity index (χ0) is 10.4. The lowest BCUT2D eigenvalue weighted by atomic mass is 10.1. The number of nitrogens with two attached hydrogens (primary N) is 2. The maximum Gasteiger partial charge on any atom is 0.186 e. The number of rotatable bonds is 3. The molecule has 0 atom stereocenters. The number of nitrogens with zero attached hydrogens (tertiary/aromatic N) is 1. The van der Waals surface area contributed by atoms with Crippen molar-refractivity contribution in [2.45, 2.75) is 6.92 Å². The highest BCUT2D eigenvalue weighted by molar-refractivity contribution is 5.75. The molecule has 0 fully saturated rings. The van der Waals surface area contributed by atoms with E-state index in [1.165, 1.54) is 5.56 Å². The minimum absolute atomic E-state index is 0.124. The van der Waals surface area contributed by atoms with Crippen molar-refractivity contribution in [3.05, 3.63) is 41.5 Å². The summed E-state index contributed by atoms with van der Waals surface area (Å²) in [6.07, 6.45) is 3.91. The van der Waals surface area contributed by atoms with Crippen LogP contribution >= 0.6 is 0 Å². The lowest BCUT2D eigenvalue weighted by molar-refractivity contribution is 1.22. The summed E-state index contributed by atoms with van der Waals surface area (Å²) in [6.45, 7) is 2.59. The molecule has 0 saturated heterocycles. The van der Waals surface area contributed by atoms with Crippen LogP contribution in [-0.2, 0) is 0 Å². The third-order valence-corrected chi connectivity index (χ3v) is 1.77. The molecular formula is C11H15N3. The molecule has 0 amide bonds. The van der Waals surface area contributed by atoms with Crippen molar-refractivity contribution in [1.29, 1.82) is 0 Å². The van der Waals surface area contributed by atoms with Crippen LogP contribution in [0.5, 0.6) is 0 Å². The third-order valence-electron chi connectivity index (χ3n) is 1.77. The van der Waals surface area contributed by atoms with Crippen LogP contribution in [0.25, 0.3) is 6.08 Å². The van der Waals surface area contributed by atoms with Crippen molar-refractivity contribution in [2.75, 3.05) is 6.54 Å². The van der Waals surface area contributed by atoms with Crippen molar-refractivity contribution in [3.63, 3.8) is 0 Å². The molecule has 0 heterocycles. The number of guanidine groups is 1. The van der Waals surface area contributed by atoms with Gasteiger partial charge in [-0.05, 0) is 12.5 Å². The highest BCUT2D eigenvalue weighted by Gasteiger charge is 1.85. The molecule has 1 aromatic rings. The first-order valence-electron chi connectivity index (χ1n) is 4.47. The molecule has 0 bridgehead atoms. The normalized spacial score (nSPS) is 10.4. The highest BCUT2D eigenvalue weighted by Crippen LogP contribution is 2.04. The maximum absolute atomic E-state index is 5.19. The fraction of sp³-hybridized carbons (Fsp3) is 0.182. The van der Waals surface area contributed by atoms with Crippen LogP contribution in [0.4, 0.5) is 0 Å². The van der Waals surface area contributed by atoms with Crippen molar-refractivity contribution in [2.24, 2.45) is 16.5 Å². The number of benzene rings is 1. The Morgan fingerprint density at radius 1 is 1.29 bits per heavy atom. The largest absolute Gasteiger partial charge is 0.370 e. The Labute approximate surface area is 84.1 Å². The molecule has 1 aromatic carbocycles. The number of hydrogen-bond acceptors (Lipinski definition) is 1. The van der Waals surface area contributed by atoms with Gasteiger partial charge in [0.05, 0.1) is 6.54 Å². The Hall–Kier alpha value is -1.77. The first-order chi connectivity index (χ1) is 6.68. The van der Waals surface area contributed by atoms with Crippen molar-refractivity contribution >= 4 is 12.0 Å². The summed E-state index contributed by atoms with van der Waals surface area (Å²) < 4.78 is 0. The topological polar surface area (TPSA) is 64.4 Å². The molecule has 1 rings (SSSR count). The second kappa shape index (κ2) is 5.07. The molecule has 0 radical (unpaired) electrons. The van der Waals surface area contributed by atoms with Gasteiger partial charge in [0.2, 0.25) is 0 Å². The first kappa shape index (κ1) is 10.3. The lowest BCUT2D eigenvalue weighted by Gasteiger charge is -1.94. The summed E-state index contributed by atoms with van der Waals surface area (Å²) in [7, 11) is 0. The number of hydrogen-bond donors (Lipinski definition) is 2. The average molecular weight is 189 g/mol. The van der Waals surface area contributed by atoms with E-state index in [1.807, 2.05) is 12.2 Å². The zero-order valence-corrected chi connectivity index (χ0v) is 8.27. The molecule has 0 unspecified atom stereocenters. The van der Waals surface area contributed by atoms with Gasteiger partial charge in [0.1, 0.15) is 0 Å². The van der Waals surface area contributed by atoms with E-state index >= 15 is 0 Å². The first-order valence-corrected chi connectivity index (χ1v) is 4.47. The average Bonchev–Trinajstić information content (AvgIpc) is 2.15. The Morgan fingerprint density at radius 3 is 2.50 bits per heavy atom. The second-order valence-corrected chi connectivity index (χ2v) is 3.08. The van der Waals surface area contributed by atoms with E-state index in [4.69, 9.17) is 11.5 Å². The quantitative estimate of drug-likeness (QED) is 0.555. The van der Waals surface area contributed by atoms with Gasteiger partial charge >= 0.3 is 0 Å². The molecule has 3 heteroatoms. The van der Waals surface area contributed by atoms with Gasteiger partial charge in [0, 0.05) is 0 Å². The zero-order valence-electron chi connectivity index (χ0n) is 8.27. The van der Waals surface area contributed by atoms with Gasteiger partial charge < -0.3 is 11.5 Å². The Balaban J connectivity index is 2.52. The van der Waals surface area contributed by atoms with Gasteiger partial charge in [-0.15, -0.1) is 0 Å². The van der Waals surface area contributed by atoms with Crippen molar-refractivity contribution in [1.82, 2.24) is 0 Å². The standard InChI is InChI=1S/C11H15N3/c1-9-4-6-10(7-5-9)3-2-8-14-11(12)13/h2-7H,8H2,1H3,(H4,12,13,14)/b3-2+. The van der Waals surface area contributed by atoms with Crippen LogP contribution in [0.15, 0.2) is 35.3 Å².